The fourth-order valence-electron chi connectivity index (χ4n) is 1.85. The highest BCUT2D eigenvalue weighted by Gasteiger charge is 2.13. The smallest absolute Gasteiger partial charge is 0.108 e. The van der Waals surface area contributed by atoms with Crippen molar-refractivity contribution in [3.05, 3.63) is 59.7 Å². The zero-order valence-electron chi connectivity index (χ0n) is 11.0. The first-order valence-electron chi connectivity index (χ1n) is 5.97. The number of hydrogen-bond acceptors (Lipinski definition) is 2. The van der Waals surface area contributed by atoms with E-state index in [-0.39, 0.29) is 5.08 Å². The molecule has 0 bridgehead atoms. The molecule has 2 aromatic rings. The molecule has 2 unspecified atom stereocenters. The van der Waals surface area contributed by atoms with E-state index < -0.39 is 21.6 Å². The van der Waals surface area contributed by atoms with Crippen molar-refractivity contribution in [2.75, 3.05) is 5.08 Å². The number of hydrogen-bond donors (Lipinski definition) is 0. The molecule has 0 aliphatic carbocycles. The molecule has 0 heterocycles. The van der Waals surface area contributed by atoms with E-state index in [1.807, 2.05) is 62.4 Å². The van der Waals surface area contributed by atoms with Crippen molar-refractivity contribution < 1.29 is 8.42 Å². The molecule has 19 heavy (non-hydrogen) atoms. The average Bonchev–Trinajstić information content (AvgIpc) is 2.39. The first-order chi connectivity index (χ1) is 9.09. The summed E-state index contributed by atoms with van der Waals surface area (Å²) >= 11 is 0. The van der Waals surface area contributed by atoms with Gasteiger partial charge in [-0.25, -0.2) is 0 Å². The Balaban J connectivity index is 2.19. The molecule has 0 spiro atoms. The molecule has 0 saturated heterocycles. The van der Waals surface area contributed by atoms with E-state index in [0.717, 1.165) is 20.9 Å². The Labute approximate surface area is 118 Å². The first kappa shape index (κ1) is 14.2. The molecular formula is C15H16O2S2. The van der Waals surface area contributed by atoms with Crippen molar-refractivity contribution in [2.45, 2.75) is 23.6 Å². The highest BCUT2D eigenvalue weighted by molar-refractivity contribution is 8.02. The van der Waals surface area contributed by atoms with Crippen LogP contribution >= 0.6 is 0 Å². The van der Waals surface area contributed by atoms with Crippen molar-refractivity contribution in [3.8, 4) is 0 Å². The summed E-state index contributed by atoms with van der Waals surface area (Å²) in [6.07, 6.45) is 0. The van der Waals surface area contributed by atoms with Crippen molar-refractivity contribution in [2.24, 2.45) is 0 Å². The lowest BCUT2D eigenvalue weighted by molar-refractivity contribution is 0.679. The summed E-state index contributed by atoms with van der Waals surface area (Å²) < 4.78 is 24.6. The van der Waals surface area contributed by atoms with Gasteiger partial charge in [0.1, 0.15) is 5.08 Å². The van der Waals surface area contributed by atoms with Crippen LogP contribution in [0.25, 0.3) is 0 Å². The molecule has 4 heteroatoms. The van der Waals surface area contributed by atoms with E-state index in [2.05, 4.69) is 0 Å². The highest BCUT2D eigenvalue weighted by Crippen LogP contribution is 2.17. The summed E-state index contributed by atoms with van der Waals surface area (Å²) in [5.74, 6) is 0. The van der Waals surface area contributed by atoms with E-state index in [4.69, 9.17) is 0 Å². The fourth-order valence-corrected chi connectivity index (χ4v) is 4.96. The van der Waals surface area contributed by atoms with Gasteiger partial charge in [0.05, 0.1) is 21.6 Å². The summed E-state index contributed by atoms with van der Waals surface area (Å²) in [5, 5.41) is 0.149. The molecule has 0 saturated carbocycles. The predicted molar refractivity (Wildman–Crippen MR) is 80.0 cm³/mol. The summed E-state index contributed by atoms with van der Waals surface area (Å²) in [6.45, 7) is 3.84. The van der Waals surface area contributed by atoms with Crippen LogP contribution in [0.3, 0.4) is 0 Å². The predicted octanol–water partition coefficient (Wildman–Crippen LogP) is 3.18. The van der Waals surface area contributed by atoms with Crippen LogP contribution in [-0.4, -0.2) is 13.5 Å². The van der Waals surface area contributed by atoms with Crippen LogP contribution in [0.15, 0.2) is 58.3 Å². The Morgan fingerprint density at radius 1 is 0.737 bits per heavy atom. The van der Waals surface area contributed by atoms with Gasteiger partial charge in [-0.05, 0) is 37.1 Å². The summed E-state index contributed by atoms with van der Waals surface area (Å²) in [7, 11) is -2.47. The zero-order chi connectivity index (χ0) is 13.8. The third-order valence-electron chi connectivity index (χ3n) is 2.89. The van der Waals surface area contributed by atoms with E-state index in [0.29, 0.717) is 0 Å². The average molecular weight is 292 g/mol. The lowest BCUT2D eigenvalue weighted by Crippen LogP contribution is -2.07. The van der Waals surface area contributed by atoms with Gasteiger partial charge in [0, 0.05) is 9.79 Å². The molecule has 0 N–H and O–H groups in total. The Morgan fingerprint density at radius 2 is 1.11 bits per heavy atom. The molecule has 0 fully saturated rings. The molecule has 2 atom stereocenters. The quantitative estimate of drug-likeness (QED) is 0.867. The van der Waals surface area contributed by atoms with Crippen LogP contribution < -0.4 is 0 Å². The van der Waals surface area contributed by atoms with Gasteiger partial charge in [0.15, 0.2) is 0 Å². The summed E-state index contributed by atoms with van der Waals surface area (Å²) in [6, 6.07) is 15.0. The molecule has 0 aliphatic rings. The van der Waals surface area contributed by atoms with E-state index in [1.54, 1.807) is 0 Å². The van der Waals surface area contributed by atoms with Gasteiger partial charge in [-0.3, -0.25) is 8.42 Å². The van der Waals surface area contributed by atoms with Gasteiger partial charge >= 0.3 is 0 Å². The van der Waals surface area contributed by atoms with Crippen LogP contribution in [0.4, 0.5) is 0 Å². The van der Waals surface area contributed by atoms with E-state index >= 15 is 0 Å². The maximum atomic E-state index is 12.3. The maximum absolute atomic E-state index is 12.3. The van der Waals surface area contributed by atoms with Gasteiger partial charge < -0.3 is 0 Å². The fraction of sp³-hybridized carbons (Fsp3) is 0.200. The van der Waals surface area contributed by atoms with Gasteiger partial charge in [-0.1, -0.05) is 36.4 Å². The van der Waals surface area contributed by atoms with Crippen molar-refractivity contribution in [1.29, 1.82) is 0 Å². The SMILES string of the molecule is Cc1ccccc1S(=O)CS(=O)c1ccccc1C. The summed E-state index contributed by atoms with van der Waals surface area (Å²) in [4.78, 5) is 1.54. The number of rotatable bonds is 4. The largest absolute Gasteiger partial charge is 0.253 e. The molecule has 0 amide bonds. The Morgan fingerprint density at radius 3 is 1.47 bits per heavy atom. The highest BCUT2D eigenvalue weighted by atomic mass is 32.2. The number of benzene rings is 2. The molecule has 0 aliphatic heterocycles. The first-order valence-corrected chi connectivity index (χ1v) is 8.61. The molecule has 2 nitrogen and oxygen atoms in total. The van der Waals surface area contributed by atoms with Crippen LogP contribution in [-0.2, 0) is 21.6 Å². The monoisotopic (exact) mass is 292 g/mol. The second-order valence-electron chi connectivity index (χ2n) is 4.34. The molecular weight excluding hydrogens is 276 g/mol. The van der Waals surface area contributed by atoms with Crippen molar-refractivity contribution >= 4 is 21.6 Å². The number of aryl methyl sites for hydroxylation is 2. The molecule has 0 radical (unpaired) electrons. The molecule has 2 aromatic carbocycles. The zero-order valence-corrected chi connectivity index (χ0v) is 12.6. The minimum absolute atomic E-state index is 0.149. The van der Waals surface area contributed by atoms with E-state index in [1.165, 1.54) is 0 Å². The second kappa shape index (κ2) is 6.26. The Kier molecular flexibility index (Phi) is 4.66. The Bertz CT molecular complexity index is 580. The van der Waals surface area contributed by atoms with Gasteiger partial charge in [0.2, 0.25) is 0 Å². The van der Waals surface area contributed by atoms with E-state index in [9.17, 15) is 8.42 Å². The third kappa shape index (κ3) is 3.39. The van der Waals surface area contributed by atoms with Gasteiger partial charge in [-0.15, -0.1) is 0 Å². The molecule has 0 aromatic heterocycles. The lowest BCUT2D eigenvalue weighted by atomic mass is 10.2. The minimum atomic E-state index is -1.23. The van der Waals surface area contributed by atoms with Crippen molar-refractivity contribution in [3.63, 3.8) is 0 Å². The molecule has 2 rings (SSSR count). The molecule has 100 valence electrons. The lowest BCUT2D eigenvalue weighted by Gasteiger charge is -2.07. The summed E-state index contributed by atoms with van der Waals surface area (Å²) in [5.41, 5.74) is 1.95. The standard InChI is InChI=1S/C15H16O2S2/c1-12-7-3-5-9-14(12)18(16)11-19(17)15-10-6-4-8-13(15)2/h3-10H,11H2,1-2H3. The van der Waals surface area contributed by atoms with Gasteiger partial charge in [-0.2, -0.15) is 0 Å². The van der Waals surface area contributed by atoms with Crippen LogP contribution in [0, 0.1) is 13.8 Å². The second-order valence-corrected chi connectivity index (χ2v) is 7.54. The minimum Gasteiger partial charge on any atom is -0.253 e. The van der Waals surface area contributed by atoms with Crippen LogP contribution in [0.5, 0.6) is 0 Å². The normalized spacial score (nSPS) is 14.0. The maximum Gasteiger partial charge on any atom is 0.108 e. The third-order valence-corrected chi connectivity index (χ3v) is 6.50. The Hall–Kier alpha value is -1.26. The van der Waals surface area contributed by atoms with Crippen LogP contribution in [0.2, 0.25) is 0 Å². The van der Waals surface area contributed by atoms with Crippen molar-refractivity contribution in [1.82, 2.24) is 0 Å². The van der Waals surface area contributed by atoms with Gasteiger partial charge in [0.25, 0.3) is 0 Å². The van der Waals surface area contributed by atoms with Crippen LogP contribution in [0.1, 0.15) is 11.1 Å². The topological polar surface area (TPSA) is 34.1 Å².